The smallest absolute Gasteiger partial charge is 0.135 e. The zero-order valence-corrected chi connectivity index (χ0v) is 13.1. The number of halogens is 1. The van der Waals surface area contributed by atoms with E-state index >= 15 is 0 Å². The second-order valence-corrected chi connectivity index (χ2v) is 6.42. The second-order valence-electron chi connectivity index (χ2n) is 5.04. The largest absolute Gasteiger partial charge is 0.370 e. The highest BCUT2D eigenvalue weighted by Gasteiger charge is 2.27. The lowest BCUT2D eigenvalue weighted by Gasteiger charge is -2.07. The van der Waals surface area contributed by atoms with Gasteiger partial charge in [-0.25, -0.2) is 9.97 Å². The van der Waals surface area contributed by atoms with Crippen LogP contribution >= 0.6 is 23.4 Å². The fourth-order valence-corrected chi connectivity index (χ4v) is 2.67. The van der Waals surface area contributed by atoms with Crippen LogP contribution in [-0.2, 0) is 0 Å². The van der Waals surface area contributed by atoms with Crippen LogP contribution in [0.5, 0.6) is 0 Å². The summed E-state index contributed by atoms with van der Waals surface area (Å²) in [5.74, 6) is 3.62. The molecule has 1 fully saturated rings. The molecule has 1 saturated carbocycles. The first-order valence-corrected chi connectivity index (χ1v) is 8.84. The summed E-state index contributed by atoms with van der Waals surface area (Å²) in [6.45, 7) is 0.969. The lowest BCUT2D eigenvalue weighted by Crippen LogP contribution is -2.05. The van der Waals surface area contributed by atoms with E-state index in [1.54, 1.807) is 0 Å². The number of aromatic nitrogens is 2. The van der Waals surface area contributed by atoms with Crippen LogP contribution in [0, 0.1) is 0 Å². The summed E-state index contributed by atoms with van der Waals surface area (Å²) in [6.07, 6.45) is 9.69. The third kappa shape index (κ3) is 5.57. The normalized spacial score (nSPS) is 14.6. The Labute approximate surface area is 124 Å². The molecule has 0 aromatic carbocycles. The molecule has 1 aromatic heterocycles. The molecule has 19 heavy (non-hydrogen) atoms. The van der Waals surface area contributed by atoms with Gasteiger partial charge in [-0.2, -0.15) is 11.8 Å². The van der Waals surface area contributed by atoms with Gasteiger partial charge in [0.15, 0.2) is 0 Å². The summed E-state index contributed by atoms with van der Waals surface area (Å²) in [5.41, 5.74) is 0. The first kappa shape index (κ1) is 14.9. The lowest BCUT2D eigenvalue weighted by atomic mass is 10.2. The van der Waals surface area contributed by atoms with E-state index in [1.807, 2.05) is 17.8 Å². The molecule has 1 aromatic rings. The lowest BCUT2D eigenvalue weighted by molar-refractivity contribution is 0.688. The molecule has 1 aliphatic rings. The molecule has 1 heterocycles. The third-order valence-corrected chi connectivity index (χ3v) is 4.13. The third-order valence-electron chi connectivity index (χ3n) is 3.24. The second kappa shape index (κ2) is 7.95. The van der Waals surface area contributed by atoms with Crippen LogP contribution in [-0.4, -0.2) is 28.5 Å². The van der Waals surface area contributed by atoms with Crippen LogP contribution in [0.15, 0.2) is 6.07 Å². The van der Waals surface area contributed by atoms with Crippen molar-refractivity contribution < 1.29 is 0 Å². The van der Waals surface area contributed by atoms with Crippen LogP contribution in [0.2, 0.25) is 5.15 Å². The van der Waals surface area contributed by atoms with Gasteiger partial charge in [-0.1, -0.05) is 24.4 Å². The predicted octanol–water partition coefficient (Wildman–Crippen LogP) is 4.34. The monoisotopic (exact) mass is 299 g/mol. The Hall–Kier alpha value is -0.480. The Morgan fingerprint density at radius 2 is 2.05 bits per heavy atom. The van der Waals surface area contributed by atoms with Crippen molar-refractivity contribution >= 4 is 29.2 Å². The molecule has 0 atom stereocenters. The average Bonchev–Trinajstić information content (AvgIpc) is 3.21. The van der Waals surface area contributed by atoms with Gasteiger partial charge in [-0.05, 0) is 37.7 Å². The highest BCUT2D eigenvalue weighted by molar-refractivity contribution is 7.98. The molecule has 0 amide bonds. The Balaban J connectivity index is 1.67. The maximum absolute atomic E-state index is 6.03. The van der Waals surface area contributed by atoms with Gasteiger partial charge in [-0.15, -0.1) is 0 Å². The quantitative estimate of drug-likeness (QED) is 0.543. The van der Waals surface area contributed by atoms with E-state index in [1.165, 1.54) is 44.3 Å². The summed E-state index contributed by atoms with van der Waals surface area (Å²) in [7, 11) is 0. The van der Waals surface area contributed by atoms with Gasteiger partial charge in [-0.3, -0.25) is 0 Å². The Bertz CT molecular complexity index is 396. The molecule has 0 bridgehead atoms. The molecule has 1 aliphatic carbocycles. The molecule has 0 aliphatic heterocycles. The van der Waals surface area contributed by atoms with E-state index < -0.39 is 0 Å². The highest BCUT2D eigenvalue weighted by atomic mass is 35.5. The summed E-state index contributed by atoms with van der Waals surface area (Å²) in [4.78, 5) is 8.82. The number of anilines is 1. The number of nitrogens with one attached hydrogen (secondary N) is 1. The zero-order valence-electron chi connectivity index (χ0n) is 11.5. The van der Waals surface area contributed by atoms with Gasteiger partial charge in [0.25, 0.3) is 0 Å². The van der Waals surface area contributed by atoms with Gasteiger partial charge in [0, 0.05) is 18.5 Å². The first-order valence-electron chi connectivity index (χ1n) is 7.07. The maximum atomic E-state index is 6.03. The van der Waals surface area contributed by atoms with E-state index in [9.17, 15) is 0 Å². The van der Waals surface area contributed by atoms with Crippen molar-refractivity contribution in [1.82, 2.24) is 9.97 Å². The molecule has 0 spiro atoms. The highest BCUT2D eigenvalue weighted by Crippen LogP contribution is 2.38. The molecule has 0 saturated heterocycles. The number of hydrogen-bond donors (Lipinski definition) is 1. The van der Waals surface area contributed by atoms with E-state index in [0.29, 0.717) is 11.1 Å². The van der Waals surface area contributed by atoms with E-state index in [2.05, 4.69) is 21.5 Å². The fourth-order valence-electron chi connectivity index (χ4n) is 1.99. The van der Waals surface area contributed by atoms with Gasteiger partial charge in [0.2, 0.25) is 0 Å². The van der Waals surface area contributed by atoms with Crippen molar-refractivity contribution in [3.05, 3.63) is 17.0 Å². The van der Waals surface area contributed by atoms with Gasteiger partial charge < -0.3 is 5.32 Å². The van der Waals surface area contributed by atoms with E-state index in [0.717, 1.165) is 18.2 Å². The maximum Gasteiger partial charge on any atom is 0.135 e. The Morgan fingerprint density at radius 3 is 2.79 bits per heavy atom. The molecular formula is C14H22ClN3S. The summed E-state index contributed by atoms with van der Waals surface area (Å²) < 4.78 is 0. The fraction of sp³-hybridized carbons (Fsp3) is 0.714. The first-order chi connectivity index (χ1) is 9.29. The molecule has 106 valence electrons. The minimum absolute atomic E-state index is 0.547. The van der Waals surface area contributed by atoms with E-state index in [4.69, 9.17) is 11.6 Å². The average molecular weight is 300 g/mol. The molecule has 3 nitrogen and oxygen atoms in total. The summed E-state index contributed by atoms with van der Waals surface area (Å²) in [6, 6.07) is 1.82. The van der Waals surface area contributed by atoms with Crippen molar-refractivity contribution in [2.75, 3.05) is 23.9 Å². The zero-order chi connectivity index (χ0) is 13.5. The van der Waals surface area contributed by atoms with Gasteiger partial charge >= 0.3 is 0 Å². The van der Waals surface area contributed by atoms with Gasteiger partial charge in [0.05, 0.1) is 0 Å². The Morgan fingerprint density at radius 1 is 1.26 bits per heavy atom. The summed E-state index contributed by atoms with van der Waals surface area (Å²) in [5, 5.41) is 3.91. The van der Waals surface area contributed by atoms with Crippen molar-refractivity contribution in [2.24, 2.45) is 0 Å². The molecule has 2 rings (SSSR count). The van der Waals surface area contributed by atoms with E-state index in [-0.39, 0.29) is 0 Å². The molecule has 0 radical (unpaired) electrons. The molecule has 5 heteroatoms. The number of unbranched alkanes of at least 4 members (excludes halogenated alkanes) is 3. The standard InChI is InChI=1S/C14H22ClN3S/c1-19-9-5-3-2-4-8-16-13-10-12(15)17-14(18-13)11-6-7-11/h10-11H,2-9H2,1H3,(H,16,17,18). The van der Waals surface area contributed by atoms with Crippen LogP contribution in [0.25, 0.3) is 0 Å². The van der Waals surface area contributed by atoms with Crippen molar-refractivity contribution in [3.63, 3.8) is 0 Å². The van der Waals surface area contributed by atoms with Crippen LogP contribution in [0.3, 0.4) is 0 Å². The van der Waals surface area contributed by atoms with Crippen LogP contribution in [0.1, 0.15) is 50.3 Å². The topological polar surface area (TPSA) is 37.8 Å². The SMILES string of the molecule is CSCCCCCCNc1cc(Cl)nc(C2CC2)n1. The number of rotatable bonds is 9. The number of hydrogen-bond acceptors (Lipinski definition) is 4. The summed E-state index contributed by atoms with van der Waals surface area (Å²) >= 11 is 7.95. The molecule has 0 unspecified atom stereocenters. The van der Waals surface area contributed by atoms with Crippen molar-refractivity contribution in [3.8, 4) is 0 Å². The predicted molar refractivity (Wildman–Crippen MR) is 84.4 cm³/mol. The minimum Gasteiger partial charge on any atom is -0.370 e. The molecular weight excluding hydrogens is 278 g/mol. The van der Waals surface area contributed by atoms with Crippen molar-refractivity contribution in [1.29, 1.82) is 0 Å². The van der Waals surface area contributed by atoms with Crippen LogP contribution < -0.4 is 5.32 Å². The van der Waals surface area contributed by atoms with Crippen molar-refractivity contribution in [2.45, 2.75) is 44.4 Å². The number of thioether (sulfide) groups is 1. The molecule has 1 N–H and O–H groups in total. The number of nitrogens with zero attached hydrogens (tertiary/aromatic N) is 2. The van der Waals surface area contributed by atoms with Gasteiger partial charge in [0.1, 0.15) is 16.8 Å². The Kier molecular flexibility index (Phi) is 6.24. The van der Waals surface area contributed by atoms with Crippen LogP contribution in [0.4, 0.5) is 5.82 Å². The minimum atomic E-state index is 0.547.